The van der Waals surface area contributed by atoms with E-state index in [4.69, 9.17) is 5.41 Å². The van der Waals surface area contributed by atoms with Gasteiger partial charge in [-0.15, -0.1) is 11.3 Å². The molecular formula is C16H14F3N4OS+. The minimum atomic E-state index is -4.71. The van der Waals surface area contributed by atoms with Crippen molar-refractivity contribution < 1.29 is 23.6 Å². The number of aromatic nitrogens is 1. The molecule has 3 rings (SSSR count). The SMILES string of the molecule is C[NH2+]/C=C1/C=C(c2ccc3cc(C(O)C(F)(F)F)sc3n2)C=NC1=N. The van der Waals surface area contributed by atoms with Gasteiger partial charge in [0, 0.05) is 22.1 Å². The van der Waals surface area contributed by atoms with Crippen LogP contribution in [-0.4, -0.2) is 35.4 Å². The molecule has 2 aromatic rings. The molecule has 0 radical (unpaired) electrons. The van der Waals surface area contributed by atoms with Crippen LogP contribution in [0.2, 0.25) is 0 Å². The van der Waals surface area contributed by atoms with Crippen LogP contribution in [-0.2, 0) is 0 Å². The van der Waals surface area contributed by atoms with Crippen LogP contribution in [0.1, 0.15) is 16.7 Å². The molecule has 130 valence electrons. The molecule has 0 saturated carbocycles. The van der Waals surface area contributed by atoms with E-state index in [1.165, 1.54) is 12.3 Å². The summed E-state index contributed by atoms with van der Waals surface area (Å²) in [7, 11) is 1.83. The summed E-state index contributed by atoms with van der Waals surface area (Å²) in [6.07, 6.45) is -2.22. The lowest BCUT2D eigenvalue weighted by Gasteiger charge is -2.11. The predicted molar refractivity (Wildman–Crippen MR) is 90.8 cm³/mol. The third-order valence-electron chi connectivity index (χ3n) is 3.54. The van der Waals surface area contributed by atoms with Gasteiger partial charge >= 0.3 is 6.18 Å². The molecule has 9 heteroatoms. The van der Waals surface area contributed by atoms with Gasteiger partial charge in [-0.05, 0) is 24.3 Å². The molecule has 0 aromatic carbocycles. The van der Waals surface area contributed by atoms with E-state index in [0.717, 1.165) is 11.3 Å². The Morgan fingerprint density at radius 3 is 2.80 bits per heavy atom. The van der Waals surface area contributed by atoms with Crippen LogP contribution in [0.3, 0.4) is 0 Å². The zero-order valence-corrected chi connectivity index (χ0v) is 13.8. The van der Waals surface area contributed by atoms with Crippen molar-refractivity contribution in [2.45, 2.75) is 12.3 Å². The molecule has 3 heterocycles. The fourth-order valence-corrected chi connectivity index (χ4v) is 3.37. The van der Waals surface area contributed by atoms with Crippen molar-refractivity contribution in [2.24, 2.45) is 4.99 Å². The smallest absolute Gasteiger partial charge is 0.379 e. The van der Waals surface area contributed by atoms with Crippen molar-refractivity contribution in [3.63, 3.8) is 0 Å². The average molecular weight is 367 g/mol. The van der Waals surface area contributed by atoms with Crippen molar-refractivity contribution >= 4 is 39.2 Å². The number of hydrogen-bond donors (Lipinski definition) is 3. The second-order valence-corrected chi connectivity index (χ2v) is 6.41. The van der Waals surface area contributed by atoms with Crippen molar-refractivity contribution in [1.29, 1.82) is 5.41 Å². The number of hydrogen-bond acceptors (Lipinski definition) is 4. The van der Waals surface area contributed by atoms with E-state index in [9.17, 15) is 18.3 Å². The van der Waals surface area contributed by atoms with Crippen molar-refractivity contribution in [3.05, 3.63) is 46.6 Å². The second kappa shape index (κ2) is 6.51. The van der Waals surface area contributed by atoms with Crippen LogP contribution < -0.4 is 5.32 Å². The predicted octanol–water partition coefficient (Wildman–Crippen LogP) is 2.41. The van der Waals surface area contributed by atoms with E-state index in [-0.39, 0.29) is 10.7 Å². The van der Waals surface area contributed by atoms with Gasteiger partial charge in [-0.2, -0.15) is 13.2 Å². The Bertz CT molecular complexity index is 927. The number of allylic oxidation sites excluding steroid dienone is 1. The number of fused-ring (bicyclic) bond motifs is 1. The molecular weight excluding hydrogens is 353 g/mol. The highest BCUT2D eigenvalue weighted by molar-refractivity contribution is 7.18. The topological polar surface area (TPSA) is 85.9 Å². The monoisotopic (exact) mass is 367 g/mol. The van der Waals surface area contributed by atoms with Crippen molar-refractivity contribution in [3.8, 4) is 0 Å². The quantitative estimate of drug-likeness (QED) is 0.778. The van der Waals surface area contributed by atoms with Gasteiger partial charge in [0.05, 0.1) is 18.3 Å². The first-order valence-corrected chi connectivity index (χ1v) is 8.11. The Morgan fingerprint density at radius 1 is 1.36 bits per heavy atom. The number of dihydropyridines is 1. The van der Waals surface area contributed by atoms with Crippen LogP contribution in [0.4, 0.5) is 13.2 Å². The maximum absolute atomic E-state index is 12.7. The lowest BCUT2D eigenvalue weighted by molar-refractivity contribution is -0.556. The number of nitrogens with two attached hydrogens (primary N) is 1. The maximum Gasteiger partial charge on any atom is 0.419 e. The third-order valence-corrected chi connectivity index (χ3v) is 4.64. The number of thiophene rings is 1. The Hall–Kier alpha value is -2.36. The van der Waals surface area contributed by atoms with Gasteiger partial charge in [-0.1, -0.05) is 0 Å². The van der Waals surface area contributed by atoms with Crippen molar-refractivity contribution in [1.82, 2.24) is 4.98 Å². The van der Waals surface area contributed by atoms with Crippen LogP contribution in [0.15, 0.2) is 41.0 Å². The summed E-state index contributed by atoms with van der Waals surface area (Å²) < 4.78 is 38.0. The van der Waals surface area contributed by atoms with E-state index in [1.807, 2.05) is 7.05 Å². The Morgan fingerprint density at radius 2 is 2.12 bits per heavy atom. The number of amidine groups is 1. The van der Waals surface area contributed by atoms with E-state index in [1.54, 1.807) is 29.7 Å². The molecule has 25 heavy (non-hydrogen) atoms. The van der Waals surface area contributed by atoms with Gasteiger partial charge < -0.3 is 10.4 Å². The van der Waals surface area contributed by atoms with Crippen molar-refractivity contribution in [2.75, 3.05) is 7.05 Å². The van der Waals surface area contributed by atoms with Crippen LogP contribution in [0.5, 0.6) is 0 Å². The summed E-state index contributed by atoms with van der Waals surface area (Å²) in [5.74, 6) is 0.134. The largest absolute Gasteiger partial charge is 0.419 e. The molecule has 1 aliphatic rings. The molecule has 1 unspecified atom stereocenters. The van der Waals surface area contributed by atoms with E-state index in [0.29, 0.717) is 27.1 Å². The molecule has 0 saturated heterocycles. The molecule has 0 fully saturated rings. The molecule has 1 atom stereocenters. The fraction of sp³-hybridized carbons (Fsp3) is 0.188. The van der Waals surface area contributed by atoms with Gasteiger partial charge in [-0.3, -0.25) is 5.41 Å². The number of quaternary nitrogens is 1. The normalized spacial score (nSPS) is 18.0. The average Bonchev–Trinajstić information content (AvgIpc) is 2.98. The second-order valence-electron chi connectivity index (χ2n) is 5.35. The Balaban J connectivity index is 1.99. The number of pyridine rings is 1. The summed E-state index contributed by atoms with van der Waals surface area (Å²) in [6.45, 7) is 0. The maximum atomic E-state index is 12.7. The van der Waals surface area contributed by atoms with Gasteiger partial charge in [0.15, 0.2) is 11.9 Å². The van der Waals surface area contributed by atoms with Gasteiger partial charge in [-0.25, -0.2) is 9.98 Å². The number of halogens is 3. The van der Waals surface area contributed by atoms with Crippen LogP contribution in [0, 0.1) is 5.41 Å². The number of nitrogens with one attached hydrogen (secondary N) is 1. The lowest BCUT2D eigenvalue weighted by Crippen LogP contribution is -2.73. The standard InChI is InChI=1S/C16H13F3N4OS/c1-21-6-10-4-9(7-22-14(10)20)11-3-2-8-5-12(25-15(8)23-11)13(24)16(17,18)19/h2-7,13,20-21,24H,1H3/p+1/b10-6-,20-14?. The van der Waals surface area contributed by atoms with Crippen LogP contribution >= 0.6 is 11.3 Å². The first kappa shape index (κ1) is 17.5. The summed E-state index contributed by atoms with van der Waals surface area (Å²) in [4.78, 5) is 8.59. The summed E-state index contributed by atoms with van der Waals surface area (Å²) in [5, 5.41) is 19.5. The first-order valence-electron chi connectivity index (χ1n) is 7.29. The molecule has 4 N–H and O–H groups in total. The highest BCUT2D eigenvalue weighted by Gasteiger charge is 2.40. The number of aliphatic hydroxyl groups excluding tert-OH is 1. The molecule has 0 bridgehead atoms. The van der Waals surface area contributed by atoms with Gasteiger partial charge in [0.25, 0.3) is 0 Å². The molecule has 0 spiro atoms. The third kappa shape index (κ3) is 3.53. The zero-order chi connectivity index (χ0) is 18.2. The number of alkyl halides is 3. The molecule has 0 amide bonds. The minimum absolute atomic E-state index is 0.134. The zero-order valence-electron chi connectivity index (χ0n) is 13.0. The molecule has 0 aliphatic carbocycles. The summed E-state index contributed by atoms with van der Waals surface area (Å²) in [6, 6.07) is 4.63. The summed E-state index contributed by atoms with van der Waals surface area (Å²) in [5.41, 5.74) is 1.83. The summed E-state index contributed by atoms with van der Waals surface area (Å²) >= 11 is 0.806. The number of aliphatic hydroxyl groups is 1. The Kier molecular flexibility index (Phi) is 4.55. The van der Waals surface area contributed by atoms with Gasteiger partial charge in [0.2, 0.25) is 0 Å². The first-order chi connectivity index (χ1) is 11.8. The van der Waals surface area contributed by atoms with Crippen LogP contribution in [0.25, 0.3) is 15.8 Å². The molecule has 5 nitrogen and oxygen atoms in total. The van der Waals surface area contributed by atoms with Gasteiger partial charge in [0.1, 0.15) is 11.0 Å². The number of rotatable bonds is 3. The van der Waals surface area contributed by atoms with E-state index in [2.05, 4.69) is 9.98 Å². The highest BCUT2D eigenvalue weighted by Crippen LogP contribution is 2.38. The fourth-order valence-electron chi connectivity index (χ4n) is 2.32. The number of aliphatic imine (C=N–C) groups is 1. The molecule has 1 aliphatic heterocycles. The molecule has 2 aromatic heterocycles. The highest BCUT2D eigenvalue weighted by atomic mass is 32.1. The van der Waals surface area contributed by atoms with E-state index < -0.39 is 12.3 Å². The van der Waals surface area contributed by atoms with E-state index >= 15 is 0 Å². The Labute approximate surface area is 144 Å². The minimum Gasteiger partial charge on any atom is -0.379 e. The lowest BCUT2D eigenvalue weighted by atomic mass is 10.1. The number of nitrogens with zero attached hydrogens (tertiary/aromatic N) is 2.